The Balaban J connectivity index is 4.33. The first-order valence-electron chi connectivity index (χ1n) is 6.03. The summed E-state index contributed by atoms with van der Waals surface area (Å²) in [5.74, 6) is 0.0394. The fraction of sp³-hybridized carbons (Fsp3) is 0.923. The highest BCUT2D eigenvalue weighted by atomic mass is 16.5. The lowest BCUT2D eigenvalue weighted by atomic mass is 9.81. The molecular weight excluding hydrogens is 204 g/mol. The lowest BCUT2D eigenvalue weighted by Crippen LogP contribution is -2.34. The van der Waals surface area contributed by atoms with Gasteiger partial charge in [0.2, 0.25) is 0 Å². The van der Waals surface area contributed by atoms with Crippen LogP contribution in [0.4, 0.5) is 0 Å². The second-order valence-corrected chi connectivity index (χ2v) is 5.60. The zero-order valence-corrected chi connectivity index (χ0v) is 11.5. The predicted octanol–water partition coefficient (Wildman–Crippen LogP) is 2.88. The number of hydrogen-bond donors (Lipinski definition) is 0. The molecule has 0 radical (unpaired) electrons. The third kappa shape index (κ3) is 6.11. The van der Waals surface area contributed by atoms with Gasteiger partial charge >= 0.3 is 5.97 Å². The molecular formula is C13H26O3. The summed E-state index contributed by atoms with van der Waals surface area (Å²) in [6.07, 6.45) is 0. The van der Waals surface area contributed by atoms with Gasteiger partial charge in [0.25, 0.3) is 0 Å². The highest BCUT2D eigenvalue weighted by molar-refractivity contribution is 5.73. The lowest BCUT2D eigenvalue weighted by Gasteiger charge is -2.28. The van der Waals surface area contributed by atoms with Crippen LogP contribution in [0, 0.1) is 17.3 Å². The number of esters is 1. The van der Waals surface area contributed by atoms with Crippen molar-refractivity contribution in [1.82, 2.24) is 0 Å². The van der Waals surface area contributed by atoms with Crippen LogP contribution in [0.1, 0.15) is 41.5 Å². The largest absolute Gasteiger partial charge is 0.465 e. The van der Waals surface area contributed by atoms with Crippen LogP contribution in [-0.4, -0.2) is 25.8 Å². The first-order valence-corrected chi connectivity index (χ1v) is 6.03. The van der Waals surface area contributed by atoms with Gasteiger partial charge in [-0.3, -0.25) is 4.79 Å². The highest BCUT2D eigenvalue weighted by Gasteiger charge is 2.32. The van der Waals surface area contributed by atoms with Crippen molar-refractivity contribution in [2.24, 2.45) is 17.3 Å². The quantitative estimate of drug-likeness (QED) is 0.658. The van der Waals surface area contributed by atoms with Gasteiger partial charge in [-0.05, 0) is 18.3 Å². The van der Waals surface area contributed by atoms with Crippen LogP contribution in [-0.2, 0) is 14.3 Å². The molecule has 0 spiro atoms. The first-order chi connectivity index (χ1) is 7.29. The van der Waals surface area contributed by atoms with Gasteiger partial charge in [-0.2, -0.15) is 0 Å². The maximum absolute atomic E-state index is 11.9. The van der Waals surface area contributed by atoms with Crippen molar-refractivity contribution in [3.05, 3.63) is 0 Å². The first kappa shape index (κ1) is 15.4. The Morgan fingerprint density at radius 1 is 1.19 bits per heavy atom. The Labute approximate surface area is 99.5 Å². The summed E-state index contributed by atoms with van der Waals surface area (Å²) in [5.41, 5.74) is -0.122. The molecule has 1 unspecified atom stereocenters. The number of hydrogen-bond acceptors (Lipinski definition) is 3. The van der Waals surface area contributed by atoms with Gasteiger partial charge in [-0.1, -0.05) is 34.6 Å². The van der Waals surface area contributed by atoms with Crippen LogP contribution >= 0.6 is 0 Å². The lowest BCUT2D eigenvalue weighted by molar-refractivity contribution is -0.156. The summed E-state index contributed by atoms with van der Waals surface area (Å²) in [6.45, 7) is 13.6. The molecule has 0 saturated carbocycles. The summed E-state index contributed by atoms with van der Waals surface area (Å²) in [4.78, 5) is 11.9. The van der Waals surface area contributed by atoms with E-state index in [1.165, 1.54) is 0 Å². The van der Waals surface area contributed by atoms with Crippen molar-refractivity contribution >= 4 is 5.97 Å². The van der Waals surface area contributed by atoms with Gasteiger partial charge in [0.15, 0.2) is 0 Å². The van der Waals surface area contributed by atoms with Gasteiger partial charge in [-0.15, -0.1) is 0 Å². The van der Waals surface area contributed by atoms with Crippen LogP contribution in [0.15, 0.2) is 0 Å². The van der Waals surface area contributed by atoms with E-state index in [0.29, 0.717) is 25.7 Å². The third-order valence-electron chi connectivity index (χ3n) is 2.38. The van der Waals surface area contributed by atoms with E-state index >= 15 is 0 Å². The topological polar surface area (TPSA) is 35.5 Å². The van der Waals surface area contributed by atoms with Crippen molar-refractivity contribution in [2.45, 2.75) is 41.5 Å². The average molecular weight is 230 g/mol. The highest BCUT2D eigenvalue weighted by Crippen LogP contribution is 2.27. The van der Waals surface area contributed by atoms with E-state index in [1.54, 1.807) is 0 Å². The van der Waals surface area contributed by atoms with E-state index < -0.39 is 0 Å². The molecule has 0 saturated heterocycles. The molecule has 3 heteroatoms. The maximum atomic E-state index is 11.9. The summed E-state index contributed by atoms with van der Waals surface area (Å²) in [5, 5.41) is 0. The summed E-state index contributed by atoms with van der Waals surface area (Å²) in [6, 6.07) is 0. The SMILES string of the molecule is CCOCC(C(=O)OCC(C)C)C(C)(C)C. The smallest absolute Gasteiger partial charge is 0.311 e. The van der Waals surface area contributed by atoms with E-state index in [9.17, 15) is 4.79 Å². The Kier molecular flexibility index (Phi) is 6.65. The minimum absolute atomic E-state index is 0.122. The molecule has 3 nitrogen and oxygen atoms in total. The Bertz CT molecular complexity index is 204. The molecule has 96 valence electrons. The number of rotatable bonds is 6. The van der Waals surface area contributed by atoms with Crippen LogP contribution < -0.4 is 0 Å². The molecule has 0 fully saturated rings. The number of carbonyl (C=O) groups is 1. The number of ether oxygens (including phenoxy) is 2. The normalized spacial score (nSPS) is 13.9. The van der Waals surface area contributed by atoms with Gasteiger partial charge in [0, 0.05) is 6.61 Å². The second-order valence-electron chi connectivity index (χ2n) is 5.60. The van der Waals surface area contributed by atoms with Crippen molar-refractivity contribution in [2.75, 3.05) is 19.8 Å². The van der Waals surface area contributed by atoms with E-state index in [-0.39, 0.29) is 17.3 Å². The van der Waals surface area contributed by atoms with Crippen molar-refractivity contribution < 1.29 is 14.3 Å². The van der Waals surface area contributed by atoms with E-state index in [4.69, 9.17) is 9.47 Å². The standard InChI is InChI=1S/C13H26O3/c1-7-15-9-11(13(4,5)6)12(14)16-8-10(2)3/h10-11H,7-9H2,1-6H3. The minimum atomic E-state index is -0.189. The fourth-order valence-electron chi connectivity index (χ4n) is 1.26. The maximum Gasteiger partial charge on any atom is 0.311 e. The van der Waals surface area contributed by atoms with Gasteiger partial charge < -0.3 is 9.47 Å². The molecule has 0 bridgehead atoms. The molecule has 0 aliphatic rings. The predicted molar refractivity (Wildman–Crippen MR) is 65.2 cm³/mol. The van der Waals surface area contributed by atoms with E-state index in [2.05, 4.69) is 0 Å². The van der Waals surface area contributed by atoms with Crippen LogP contribution in [0.3, 0.4) is 0 Å². The number of carbonyl (C=O) groups excluding carboxylic acids is 1. The van der Waals surface area contributed by atoms with E-state index in [1.807, 2.05) is 41.5 Å². The third-order valence-corrected chi connectivity index (χ3v) is 2.38. The molecule has 0 aliphatic carbocycles. The molecule has 0 aromatic carbocycles. The van der Waals surface area contributed by atoms with Crippen molar-refractivity contribution in [1.29, 1.82) is 0 Å². The molecule has 16 heavy (non-hydrogen) atoms. The Hall–Kier alpha value is -0.570. The van der Waals surface area contributed by atoms with Crippen LogP contribution in [0.5, 0.6) is 0 Å². The molecule has 0 aliphatic heterocycles. The van der Waals surface area contributed by atoms with Crippen LogP contribution in [0.2, 0.25) is 0 Å². The molecule has 0 rings (SSSR count). The molecule has 0 aromatic rings. The summed E-state index contributed by atoms with van der Waals surface area (Å²) < 4.78 is 10.6. The fourth-order valence-corrected chi connectivity index (χ4v) is 1.26. The molecule has 0 heterocycles. The molecule has 0 aromatic heterocycles. The Morgan fingerprint density at radius 2 is 1.75 bits per heavy atom. The van der Waals surface area contributed by atoms with Gasteiger partial charge in [0.1, 0.15) is 0 Å². The average Bonchev–Trinajstić information content (AvgIpc) is 2.13. The van der Waals surface area contributed by atoms with Gasteiger partial charge in [0.05, 0.1) is 19.1 Å². The van der Waals surface area contributed by atoms with Gasteiger partial charge in [-0.25, -0.2) is 0 Å². The Morgan fingerprint density at radius 3 is 2.12 bits per heavy atom. The summed E-state index contributed by atoms with van der Waals surface area (Å²) in [7, 11) is 0. The van der Waals surface area contributed by atoms with Crippen molar-refractivity contribution in [3.8, 4) is 0 Å². The molecule has 0 N–H and O–H groups in total. The molecule has 1 atom stereocenters. The zero-order valence-electron chi connectivity index (χ0n) is 11.5. The summed E-state index contributed by atoms with van der Waals surface area (Å²) >= 11 is 0. The van der Waals surface area contributed by atoms with Crippen LogP contribution in [0.25, 0.3) is 0 Å². The second kappa shape index (κ2) is 6.89. The monoisotopic (exact) mass is 230 g/mol. The van der Waals surface area contributed by atoms with E-state index in [0.717, 1.165) is 0 Å². The zero-order chi connectivity index (χ0) is 12.8. The molecule has 0 amide bonds. The minimum Gasteiger partial charge on any atom is -0.465 e. The van der Waals surface area contributed by atoms with Crippen molar-refractivity contribution in [3.63, 3.8) is 0 Å².